The van der Waals surface area contributed by atoms with E-state index in [2.05, 4.69) is 57.8 Å². The summed E-state index contributed by atoms with van der Waals surface area (Å²) in [6.07, 6.45) is 1.84. The Morgan fingerprint density at radius 1 is 1.13 bits per heavy atom. The van der Waals surface area contributed by atoms with Gasteiger partial charge in [0.15, 0.2) is 5.96 Å². The second-order valence-corrected chi connectivity index (χ2v) is 7.62. The smallest absolute Gasteiger partial charge is 0.191 e. The Hall–Kier alpha value is -1.91. The number of halogens is 1. The van der Waals surface area contributed by atoms with E-state index < -0.39 is 0 Å². The molecule has 0 radical (unpaired) electrons. The molecule has 0 unspecified atom stereocenters. The number of hydrogen-bond acceptors (Lipinski definition) is 5. The first-order valence-corrected chi connectivity index (χ1v) is 10.7. The van der Waals surface area contributed by atoms with E-state index in [1.54, 1.807) is 0 Å². The Morgan fingerprint density at radius 3 is 2.58 bits per heavy atom. The number of benzene rings is 1. The van der Waals surface area contributed by atoms with E-state index in [1.165, 1.54) is 11.1 Å². The molecule has 0 atom stereocenters. The Kier molecular flexibility index (Phi) is 11.0. The molecule has 0 amide bonds. The molecule has 1 saturated heterocycles. The summed E-state index contributed by atoms with van der Waals surface area (Å²) in [4.78, 5) is 13.6. The number of rotatable bonds is 8. The first-order valence-electron chi connectivity index (χ1n) is 10.7. The third-order valence-corrected chi connectivity index (χ3v) is 5.09. The lowest BCUT2D eigenvalue weighted by Crippen LogP contribution is -2.38. The minimum absolute atomic E-state index is 0. The molecule has 170 valence electrons. The molecule has 1 aliphatic rings. The van der Waals surface area contributed by atoms with Gasteiger partial charge in [-0.05, 0) is 35.7 Å². The van der Waals surface area contributed by atoms with Crippen LogP contribution in [0.25, 0.3) is 0 Å². The lowest BCUT2D eigenvalue weighted by Gasteiger charge is -2.27. The van der Waals surface area contributed by atoms with Crippen molar-refractivity contribution >= 4 is 35.8 Å². The number of morpholine rings is 1. The van der Waals surface area contributed by atoms with Gasteiger partial charge in [-0.15, -0.1) is 24.0 Å². The maximum atomic E-state index is 5.47. The molecule has 2 N–H and O–H groups in total. The number of aliphatic imine (C=N–C) groups is 1. The van der Waals surface area contributed by atoms with Crippen LogP contribution in [0.3, 0.4) is 0 Å². The molecule has 0 spiro atoms. The van der Waals surface area contributed by atoms with Crippen molar-refractivity contribution in [2.75, 3.05) is 51.8 Å². The second-order valence-electron chi connectivity index (χ2n) is 7.62. The number of ether oxygens (including phenoxy) is 1. The van der Waals surface area contributed by atoms with Crippen LogP contribution in [0.1, 0.15) is 23.6 Å². The Balaban J connectivity index is 0.00000341. The van der Waals surface area contributed by atoms with E-state index in [0.717, 1.165) is 63.3 Å². The average molecular weight is 538 g/mol. The summed E-state index contributed by atoms with van der Waals surface area (Å²) in [5.41, 5.74) is 3.79. The van der Waals surface area contributed by atoms with Crippen LogP contribution in [-0.2, 0) is 24.4 Å². The highest BCUT2D eigenvalue weighted by Gasteiger charge is 2.12. The van der Waals surface area contributed by atoms with Crippen molar-refractivity contribution in [3.8, 4) is 0 Å². The highest BCUT2D eigenvalue weighted by molar-refractivity contribution is 14.0. The van der Waals surface area contributed by atoms with E-state index in [4.69, 9.17) is 9.73 Å². The van der Waals surface area contributed by atoms with Crippen molar-refractivity contribution in [2.24, 2.45) is 4.99 Å². The SMILES string of the molecule is CCNC(=NCc1ccnc(N(C)C)c1)NCc1ccccc1CN1CCOCC1.I. The fourth-order valence-corrected chi connectivity index (χ4v) is 3.38. The minimum Gasteiger partial charge on any atom is -0.379 e. The Bertz CT molecular complexity index is 823. The van der Waals surface area contributed by atoms with Crippen molar-refractivity contribution in [2.45, 2.75) is 26.6 Å². The molecule has 0 bridgehead atoms. The molecule has 1 fully saturated rings. The molecule has 2 heterocycles. The van der Waals surface area contributed by atoms with Crippen LogP contribution in [0, 0.1) is 0 Å². The largest absolute Gasteiger partial charge is 0.379 e. The molecule has 1 aliphatic heterocycles. The summed E-state index contributed by atoms with van der Waals surface area (Å²) in [5, 5.41) is 6.84. The summed E-state index contributed by atoms with van der Waals surface area (Å²) in [5.74, 6) is 1.76. The standard InChI is InChI=1S/C23H34N6O.HI/c1-4-24-23(26-16-19-9-10-25-22(15-19)28(2)3)27-17-20-7-5-6-8-21(20)18-29-11-13-30-14-12-29;/h5-10,15H,4,11-14,16-18H2,1-3H3,(H2,24,26,27);1H. The molecule has 0 aliphatic carbocycles. The maximum absolute atomic E-state index is 5.47. The maximum Gasteiger partial charge on any atom is 0.191 e. The van der Waals surface area contributed by atoms with Gasteiger partial charge in [0.2, 0.25) is 0 Å². The molecule has 7 nitrogen and oxygen atoms in total. The third kappa shape index (κ3) is 8.27. The van der Waals surface area contributed by atoms with Crippen LogP contribution in [0.15, 0.2) is 47.6 Å². The van der Waals surface area contributed by atoms with Gasteiger partial charge >= 0.3 is 0 Å². The summed E-state index contributed by atoms with van der Waals surface area (Å²) >= 11 is 0. The highest BCUT2D eigenvalue weighted by atomic mass is 127. The van der Waals surface area contributed by atoms with Crippen LogP contribution in [0.2, 0.25) is 0 Å². The van der Waals surface area contributed by atoms with Crippen molar-refractivity contribution in [1.29, 1.82) is 0 Å². The van der Waals surface area contributed by atoms with Gasteiger partial charge in [0.25, 0.3) is 0 Å². The molecular weight excluding hydrogens is 503 g/mol. The molecule has 1 aromatic heterocycles. The first-order chi connectivity index (χ1) is 14.7. The van der Waals surface area contributed by atoms with Gasteiger partial charge < -0.3 is 20.3 Å². The number of nitrogens with zero attached hydrogens (tertiary/aromatic N) is 4. The Labute approximate surface area is 203 Å². The fourth-order valence-electron chi connectivity index (χ4n) is 3.38. The molecule has 8 heteroatoms. The topological polar surface area (TPSA) is 65.0 Å². The third-order valence-electron chi connectivity index (χ3n) is 5.09. The molecule has 3 rings (SSSR count). The van der Waals surface area contributed by atoms with E-state index >= 15 is 0 Å². The lowest BCUT2D eigenvalue weighted by atomic mass is 10.1. The van der Waals surface area contributed by atoms with Crippen molar-refractivity contribution < 1.29 is 4.74 Å². The number of guanidine groups is 1. The monoisotopic (exact) mass is 538 g/mol. The van der Waals surface area contributed by atoms with E-state index in [1.807, 2.05) is 31.3 Å². The highest BCUT2D eigenvalue weighted by Crippen LogP contribution is 2.13. The van der Waals surface area contributed by atoms with Crippen LogP contribution >= 0.6 is 24.0 Å². The van der Waals surface area contributed by atoms with E-state index in [0.29, 0.717) is 6.54 Å². The number of nitrogens with one attached hydrogen (secondary N) is 2. The Morgan fingerprint density at radius 2 is 1.87 bits per heavy atom. The number of pyridine rings is 1. The molecular formula is C23H35IN6O. The van der Waals surface area contributed by atoms with Crippen LogP contribution in [0.4, 0.5) is 5.82 Å². The zero-order valence-electron chi connectivity index (χ0n) is 18.8. The summed E-state index contributed by atoms with van der Waals surface area (Å²) < 4.78 is 5.47. The van der Waals surface area contributed by atoms with Crippen molar-refractivity contribution in [3.63, 3.8) is 0 Å². The quantitative estimate of drug-likeness (QED) is 0.306. The minimum atomic E-state index is 0. The van der Waals surface area contributed by atoms with Gasteiger partial charge in [0, 0.05) is 53.0 Å². The lowest BCUT2D eigenvalue weighted by molar-refractivity contribution is 0.0341. The predicted octanol–water partition coefficient (Wildman–Crippen LogP) is 2.85. The van der Waals surface area contributed by atoms with Crippen LogP contribution < -0.4 is 15.5 Å². The molecule has 31 heavy (non-hydrogen) atoms. The van der Waals surface area contributed by atoms with Crippen LogP contribution in [0.5, 0.6) is 0 Å². The molecule has 0 saturated carbocycles. The zero-order chi connectivity index (χ0) is 21.2. The molecule has 2 aromatic rings. The van der Waals surface area contributed by atoms with Gasteiger partial charge in [-0.2, -0.15) is 0 Å². The normalized spacial score (nSPS) is 14.6. The van der Waals surface area contributed by atoms with Gasteiger partial charge in [0.1, 0.15) is 5.82 Å². The molecule has 1 aromatic carbocycles. The van der Waals surface area contributed by atoms with Crippen LogP contribution in [-0.4, -0.2) is 62.8 Å². The van der Waals surface area contributed by atoms with Crippen molar-refractivity contribution in [1.82, 2.24) is 20.5 Å². The predicted molar refractivity (Wildman–Crippen MR) is 138 cm³/mol. The van der Waals surface area contributed by atoms with Gasteiger partial charge in [-0.1, -0.05) is 24.3 Å². The second kappa shape index (κ2) is 13.5. The summed E-state index contributed by atoms with van der Waals surface area (Å²) in [7, 11) is 3.99. The first kappa shape index (κ1) is 25.4. The average Bonchev–Trinajstić information content (AvgIpc) is 2.77. The summed E-state index contributed by atoms with van der Waals surface area (Å²) in [6, 6.07) is 12.7. The van der Waals surface area contributed by atoms with Gasteiger partial charge in [-0.3, -0.25) is 4.90 Å². The summed E-state index contributed by atoms with van der Waals surface area (Å²) in [6.45, 7) is 8.84. The fraction of sp³-hybridized carbons (Fsp3) is 0.478. The van der Waals surface area contributed by atoms with Gasteiger partial charge in [0.05, 0.1) is 19.8 Å². The number of aromatic nitrogens is 1. The van der Waals surface area contributed by atoms with E-state index in [-0.39, 0.29) is 24.0 Å². The number of anilines is 1. The zero-order valence-corrected chi connectivity index (χ0v) is 21.1. The van der Waals surface area contributed by atoms with E-state index in [9.17, 15) is 0 Å². The number of hydrogen-bond donors (Lipinski definition) is 2. The van der Waals surface area contributed by atoms with Gasteiger partial charge in [-0.25, -0.2) is 9.98 Å². The van der Waals surface area contributed by atoms with Crippen molar-refractivity contribution in [3.05, 3.63) is 59.3 Å².